The van der Waals surface area contributed by atoms with Crippen LogP contribution in [-0.4, -0.2) is 55.4 Å². The molecule has 7 heteroatoms. The van der Waals surface area contributed by atoms with Gasteiger partial charge in [-0.2, -0.15) is 0 Å². The molecule has 0 atom stereocenters. The predicted molar refractivity (Wildman–Crippen MR) is 123 cm³/mol. The molecule has 0 heterocycles. The minimum Gasteiger partial charge on any atom is -0.495 e. The van der Waals surface area contributed by atoms with E-state index in [0.717, 1.165) is 5.69 Å². The topological polar surface area (TPSA) is 66.5 Å². The van der Waals surface area contributed by atoms with Gasteiger partial charge in [-0.1, -0.05) is 6.92 Å². The molecule has 0 aliphatic rings. The predicted octanol–water partition coefficient (Wildman–Crippen LogP) is 4.47. The summed E-state index contributed by atoms with van der Waals surface area (Å²) in [6.07, 6.45) is 2.33. The Kier molecular flexibility index (Phi) is 8.19. The first-order valence-corrected chi connectivity index (χ1v) is 9.84. The summed E-state index contributed by atoms with van der Waals surface area (Å²) in [7, 11) is 11.6. The molecule has 2 aromatic carbocycles. The van der Waals surface area contributed by atoms with E-state index in [1.165, 1.54) is 14.2 Å². The van der Waals surface area contributed by atoms with Crippen LogP contribution in [0.4, 0.5) is 5.69 Å². The van der Waals surface area contributed by atoms with Crippen molar-refractivity contribution in [1.82, 2.24) is 0 Å². The summed E-state index contributed by atoms with van der Waals surface area (Å²) in [5.74, 6) is 2.39. The Morgan fingerprint density at radius 3 is 1.94 bits per heavy atom. The van der Waals surface area contributed by atoms with E-state index in [2.05, 4.69) is 0 Å². The molecule has 0 N–H and O–H groups in total. The van der Waals surface area contributed by atoms with Crippen LogP contribution >= 0.6 is 0 Å². The van der Waals surface area contributed by atoms with Gasteiger partial charge in [0.05, 0.1) is 41.2 Å². The molecule has 2 aromatic rings. The maximum absolute atomic E-state index is 13.3. The van der Waals surface area contributed by atoms with E-state index >= 15 is 0 Å². The highest BCUT2D eigenvalue weighted by Crippen LogP contribution is 2.47. The van der Waals surface area contributed by atoms with Crippen molar-refractivity contribution in [2.75, 3.05) is 54.5 Å². The summed E-state index contributed by atoms with van der Waals surface area (Å²) in [6, 6.07) is 7.17. The van der Waals surface area contributed by atoms with Crippen molar-refractivity contribution in [1.29, 1.82) is 0 Å². The lowest BCUT2D eigenvalue weighted by Gasteiger charge is -2.18. The van der Waals surface area contributed by atoms with Gasteiger partial charge in [0.25, 0.3) is 0 Å². The van der Waals surface area contributed by atoms with Crippen LogP contribution in [0.25, 0.3) is 6.08 Å². The van der Waals surface area contributed by atoms with E-state index in [4.69, 9.17) is 23.7 Å². The Morgan fingerprint density at radius 1 is 0.839 bits per heavy atom. The molecule has 0 radical (unpaired) electrons. The third-order valence-corrected chi connectivity index (χ3v) is 4.94. The monoisotopic (exact) mass is 429 g/mol. The Labute approximate surface area is 184 Å². The summed E-state index contributed by atoms with van der Waals surface area (Å²) in [5.41, 5.74) is 2.67. The van der Waals surface area contributed by atoms with E-state index in [1.54, 1.807) is 45.6 Å². The average molecular weight is 430 g/mol. The number of methoxy groups -OCH3 is 5. The molecule has 168 valence electrons. The molecule has 7 nitrogen and oxygen atoms in total. The van der Waals surface area contributed by atoms with Gasteiger partial charge in [0.15, 0.2) is 17.3 Å². The fraction of sp³-hybridized carbons (Fsp3) is 0.375. The largest absolute Gasteiger partial charge is 0.495 e. The first-order valence-electron chi connectivity index (χ1n) is 9.84. The van der Waals surface area contributed by atoms with Crippen molar-refractivity contribution in [2.24, 2.45) is 0 Å². The SMILES string of the molecule is CCC(=Cc1cc(OC)c(OC)c(OC)c1OC)C(=O)c1ccc(OC)c(N(C)C)c1. The smallest absolute Gasteiger partial charge is 0.207 e. The Bertz CT molecular complexity index is 965. The lowest BCUT2D eigenvalue weighted by atomic mass is 9.97. The van der Waals surface area contributed by atoms with Crippen molar-refractivity contribution in [2.45, 2.75) is 13.3 Å². The Balaban J connectivity index is 2.62. The van der Waals surface area contributed by atoms with E-state index in [9.17, 15) is 4.79 Å². The second-order valence-corrected chi connectivity index (χ2v) is 6.90. The van der Waals surface area contributed by atoms with Gasteiger partial charge < -0.3 is 28.6 Å². The summed E-state index contributed by atoms with van der Waals surface area (Å²) >= 11 is 0. The molecule has 0 aliphatic carbocycles. The number of ketones is 1. The molecule has 0 fully saturated rings. The number of carbonyl (C=O) groups excluding carboxylic acids is 1. The normalized spacial score (nSPS) is 11.0. The fourth-order valence-electron chi connectivity index (χ4n) is 3.35. The van der Waals surface area contributed by atoms with Gasteiger partial charge in [0, 0.05) is 30.8 Å². The second-order valence-electron chi connectivity index (χ2n) is 6.90. The number of allylic oxidation sites excluding steroid dienone is 1. The van der Waals surface area contributed by atoms with Crippen LogP contribution in [0.2, 0.25) is 0 Å². The highest BCUT2D eigenvalue weighted by atomic mass is 16.5. The maximum atomic E-state index is 13.3. The molecular formula is C24H31NO6. The van der Waals surface area contributed by atoms with Crippen molar-refractivity contribution in [3.63, 3.8) is 0 Å². The van der Waals surface area contributed by atoms with Gasteiger partial charge in [0.2, 0.25) is 11.5 Å². The maximum Gasteiger partial charge on any atom is 0.207 e. The molecule has 0 saturated carbocycles. The van der Waals surface area contributed by atoms with Crippen molar-refractivity contribution in [3.05, 3.63) is 41.0 Å². The standard InChI is InChI=1S/C24H31NO6/c1-9-15(21(26)16-10-11-19(27-4)18(13-16)25(2)3)12-17-14-20(28-5)23(30-7)24(31-8)22(17)29-6/h10-14H,9H2,1-8H3. The van der Waals surface area contributed by atoms with Crippen molar-refractivity contribution in [3.8, 4) is 28.7 Å². The number of anilines is 1. The van der Waals surface area contributed by atoms with E-state index in [0.29, 0.717) is 51.9 Å². The molecular weight excluding hydrogens is 398 g/mol. The van der Waals surface area contributed by atoms with Gasteiger partial charge in [-0.3, -0.25) is 4.79 Å². The molecule has 0 bridgehead atoms. The third kappa shape index (κ3) is 4.87. The van der Waals surface area contributed by atoms with E-state index < -0.39 is 0 Å². The number of ether oxygens (including phenoxy) is 5. The van der Waals surface area contributed by atoms with Crippen LogP contribution < -0.4 is 28.6 Å². The summed E-state index contributed by atoms with van der Waals surface area (Å²) in [6.45, 7) is 1.94. The third-order valence-electron chi connectivity index (χ3n) is 4.94. The zero-order valence-electron chi connectivity index (χ0n) is 19.5. The molecule has 0 saturated heterocycles. The molecule has 2 rings (SSSR count). The van der Waals surface area contributed by atoms with Gasteiger partial charge in [-0.25, -0.2) is 0 Å². The lowest BCUT2D eigenvalue weighted by Crippen LogP contribution is -2.12. The number of Topliss-reactive ketones (excluding diaryl/α,β-unsaturated/α-hetero) is 1. The number of carbonyl (C=O) groups is 1. The molecule has 0 aliphatic heterocycles. The van der Waals surface area contributed by atoms with Crippen LogP contribution in [0.5, 0.6) is 28.7 Å². The number of benzene rings is 2. The zero-order valence-corrected chi connectivity index (χ0v) is 19.5. The summed E-state index contributed by atoms with van der Waals surface area (Å²) < 4.78 is 27.4. The molecule has 31 heavy (non-hydrogen) atoms. The quantitative estimate of drug-likeness (QED) is 0.408. The number of nitrogens with zero attached hydrogens (tertiary/aromatic N) is 1. The van der Waals surface area contributed by atoms with Crippen LogP contribution in [0.15, 0.2) is 29.8 Å². The van der Waals surface area contributed by atoms with Crippen LogP contribution in [-0.2, 0) is 0 Å². The fourth-order valence-corrected chi connectivity index (χ4v) is 3.35. The lowest BCUT2D eigenvalue weighted by molar-refractivity contribution is 0.103. The van der Waals surface area contributed by atoms with Gasteiger partial charge >= 0.3 is 0 Å². The molecule has 0 spiro atoms. The van der Waals surface area contributed by atoms with Crippen molar-refractivity contribution < 1.29 is 28.5 Å². The molecule has 0 amide bonds. The summed E-state index contributed by atoms with van der Waals surface area (Å²) in [4.78, 5) is 15.2. The molecule has 0 aromatic heterocycles. The Morgan fingerprint density at radius 2 is 1.45 bits per heavy atom. The minimum atomic E-state index is -0.0796. The highest BCUT2D eigenvalue weighted by molar-refractivity contribution is 6.12. The minimum absolute atomic E-state index is 0.0796. The summed E-state index contributed by atoms with van der Waals surface area (Å²) in [5, 5.41) is 0. The number of hydrogen-bond acceptors (Lipinski definition) is 7. The molecule has 0 unspecified atom stereocenters. The van der Waals surface area contributed by atoms with Crippen molar-refractivity contribution >= 4 is 17.5 Å². The van der Waals surface area contributed by atoms with E-state index in [1.807, 2.05) is 32.0 Å². The van der Waals surface area contributed by atoms with Gasteiger partial charge in [-0.05, 0) is 36.8 Å². The van der Waals surface area contributed by atoms with Gasteiger partial charge in [0.1, 0.15) is 5.75 Å². The second kappa shape index (κ2) is 10.6. The van der Waals surface area contributed by atoms with Crippen LogP contribution in [0.1, 0.15) is 29.3 Å². The number of hydrogen-bond donors (Lipinski definition) is 0. The number of rotatable bonds is 10. The van der Waals surface area contributed by atoms with Gasteiger partial charge in [-0.15, -0.1) is 0 Å². The highest BCUT2D eigenvalue weighted by Gasteiger charge is 2.22. The van der Waals surface area contributed by atoms with E-state index in [-0.39, 0.29) is 5.78 Å². The first-order chi connectivity index (χ1) is 14.9. The van der Waals surface area contributed by atoms with Crippen LogP contribution in [0.3, 0.4) is 0 Å². The Hall–Kier alpha value is -3.35. The first kappa shape index (κ1) is 23.9. The zero-order chi connectivity index (χ0) is 23.1. The van der Waals surface area contributed by atoms with Crippen LogP contribution in [0, 0.1) is 0 Å². The average Bonchev–Trinajstić information content (AvgIpc) is 2.80.